The van der Waals surface area contributed by atoms with Crippen LogP contribution in [0.25, 0.3) is 0 Å². The highest BCUT2D eigenvalue weighted by molar-refractivity contribution is 7.92. The average molecular weight is 438 g/mol. The van der Waals surface area contributed by atoms with Gasteiger partial charge in [0, 0.05) is 30.5 Å². The number of sulfonamides is 1. The molecule has 0 radical (unpaired) electrons. The number of rotatable bonds is 6. The molecule has 31 heavy (non-hydrogen) atoms. The van der Waals surface area contributed by atoms with Gasteiger partial charge in [-0.15, -0.1) is 0 Å². The normalized spacial score (nSPS) is 14.0. The zero-order valence-corrected chi connectivity index (χ0v) is 18.8. The molecule has 0 bridgehead atoms. The van der Waals surface area contributed by atoms with Gasteiger partial charge in [-0.3, -0.25) is 4.72 Å². The molecule has 0 atom stereocenters. The van der Waals surface area contributed by atoms with Crippen LogP contribution in [0.1, 0.15) is 29.8 Å². The van der Waals surface area contributed by atoms with E-state index in [0.717, 1.165) is 41.5 Å². The lowest BCUT2D eigenvalue weighted by Gasteiger charge is -2.18. The molecule has 2 N–H and O–H groups in total. The minimum Gasteiger partial charge on any atom is -0.356 e. The quantitative estimate of drug-likeness (QED) is 0.588. The van der Waals surface area contributed by atoms with Crippen LogP contribution in [-0.4, -0.2) is 31.5 Å². The number of nitrogens with one attached hydrogen (secondary N) is 2. The Bertz CT molecular complexity index is 1190. The molecule has 1 aliphatic heterocycles. The molecule has 0 spiro atoms. The molecule has 2 heterocycles. The van der Waals surface area contributed by atoms with Crippen LogP contribution in [0.3, 0.4) is 0 Å². The Morgan fingerprint density at radius 1 is 0.871 bits per heavy atom. The van der Waals surface area contributed by atoms with Crippen molar-refractivity contribution in [3.63, 3.8) is 0 Å². The Labute approximate surface area is 183 Å². The van der Waals surface area contributed by atoms with Crippen LogP contribution in [0.4, 0.5) is 23.0 Å². The van der Waals surface area contributed by atoms with Gasteiger partial charge in [-0.2, -0.15) is 0 Å². The summed E-state index contributed by atoms with van der Waals surface area (Å²) in [6.07, 6.45) is 2.37. The van der Waals surface area contributed by atoms with Gasteiger partial charge in [0.1, 0.15) is 17.5 Å². The number of benzene rings is 2. The van der Waals surface area contributed by atoms with Gasteiger partial charge in [0.15, 0.2) is 0 Å². The molecule has 8 heteroatoms. The van der Waals surface area contributed by atoms with Gasteiger partial charge < -0.3 is 10.2 Å². The smallest absolute Gasteiger partial charge is 0.262 e. The van der Waals surface area contributed by atoms with Crippen LogP contribution in [0.5, 0.6) is 0 Å². The topological polar surface area (TPSA) is 87.2 Å². The Kier molecular flexibility index (Phi) is 5.82. The summed E-state index contributed by atoms with van der Waals surface area (Å²) >= 11 is 0. The fourth-order valence-corrected chi connectivity index (χ4v) is 5.09. The van der Waals surface area contributed by atoms with Crippen molar-refractivity contribution in [2.45, 2.75) is 38.5 Å². The Balaban J connectivity index is 1.48. The number of aromatic nitrogens is 2. The maximum atomic E-state index is 12.8. The standard InChI is InChI=1S/C23H27N5O2S/c1-16-6-11-21(17(2)14-16)31(29,30)27-20-9-7-19(8-10-20)26-22-15-23(25-18(3)24-22)28-12-4-5-13-28/h6-11,14-15,27H,4-5,12-13H2,1-3H3,(H,24,25,26). The van der Waals surface area contributed by atoms with E-state index in [1.807, 2.05) is 38.1 Å². The summed E-state index contributed by atoms with van der Waals surface area (Å²) in [5, 5.41) is 3.29. The molecule has 162 valence electrons. The van der Waals surface area contributed by atoms with Crippen LogP contribution >= 0.6 is 0 Å². The molecule has 1 aromatic heterocycles. The largest absolute Gasteiger partial charge is 0.356 e. The molecule has 2 aromatic carbocycles. The first-order valence-electron chi connectivity index (χ1n) is 10.4. The van der Waals surface area contributed by atoms with E-state index in [4.69, 9.17) is 0 Å². The number of nitrogens with zero attached hydrogens (tertiary/aromatic N) is 3. The molecule has 3 aromatic rings. The highest BCUT2D eigenvalue weighted by Crippen LogP contribution is 2.25. The fraction of sp³-hybridized carbons (Fsp3) is 0.304. The number of anilines is 4. The van der Waals surface area contributed by atoms with E-state index in [1.165, 1.54) is 12.8 Å². The zero-order valence-electron chi connectivity index (χ0n) is 18.0. The van der Waals surface area contributed by atoms with Crippen molar-refractivity contribution < 1.29 is 8.42 Å². The predicted octanol–water partition coefficient (Wildman–Crippen LogP) is 4.55. The lowest BCUT2D eigenvalue weighted by Crippen LogP contribution is -2.19. The van der Waals surface area contributed by atoms with Crippen molar-refractivity contribution in [2.75, 3.05) is 28.0 Å². The average Bonchev–Trinajstić information content (AvgIpc) is 3.23. The lowest BCUT2D eigenvalue weighted by atomic mass is 10.2. The Hall–Kier alpha value is -3.13. The molecule has 1 aliphatic rings. The third-order valence-electron chi connectivity index (χ3n) is 5.28. The number of hydrogen-bond donors (Lipinski definition) is 2. The predicted molar refractivity (Wildman–Crippen MR) is 125 cm³/mol. The van der Waals surface area contributed by atoms with Crippen LogP contribution in [0, 0.1) is 20.8 Å². The lowest BCUT2D eigenvalue weighted by molar-refractivity contribution is 0.600. The minimum absolute atomic E-state index is 0.284. The second-order valence-electron chi connectivity index (χ2n) is 7.93. The SMILES string of the molecule is Cc1ccc(S(=O)(=O)Nc2ccc(Nc3cc(N4CCCC4)nc(C)n3)cc2)c(C)c1. The van der Waals surface area contributed by atoms with Crippen LogP contribution in [-0.2, 0) is 10.0 Å². The molecular formula is C23H27N5O2S. The molecular weight excluding hydrogens is 410 g/mol. The van der Waals surface area contributed by atoms with Gasteiger partial charge in [-0.1, -0.05) is 17.7 Å². The van der Waals surface area contributed by atoms with Gasteiger partial charge in [0.05, 0.1) is 4.90 Å². The molecule has 0 amide bonds. The van der Waals surface area contributed by atoms with Gasteiger partial charge in [0.2, 0.25) is 0 Å². The van der Waals surface area contributed by atoms with Crippen molar-refractivity contribution in [1.29, 1.82) is 0 Å². The third-order valence-corrected chi connectivity index (χ3v) is 6.83. The van der Waals surface area contributed by atoms with E-state index in [-0.39, 0.29) is 4.90 Å². The van der Waals surface area contributed by atoms with Crippen molar-refractivity contribution >= 4 is 33.0 Å². The van der Waals surface area contributed by atoms with Crippen LogP contribution in [0.2, 0.25) is 0 Å². The first kappa shape index (κ1) is 21.1. The van der Waals surface area contributed by atoms with Gasteiger partial charge in [-0.25, -0.2) is 18.4 Å². The van der Waals surface area contributed by atoms with E-state index in [1.54, 1.807) is 31.2 Å². The molecule has 0 unspecified atom stereocenters. The summed E-state index contributed by atoms with van der Waals surface area (Å²) in [6.45, 7) is 7.66. The second-order valence-corrected chi connectivity index (χ2v) is 9.58. The first-order valence-corrected chi connectivity index (χ1v) is 11.9. The van der Waals surface area contributed by atoms with E-state index >= 15 is 0 Å². The van der Waals surface area contributed by atoms with E-state index < -0.39 is 10.0 Å². The number of aryl methyl sites for hydroxylation is 3. The monoisotopic (exact) mass is 437 g/mol. The number of hydrogen-bond acceptors (Lipinski definition) is 6. The Morgan fingerprint density at radius 2 is 1.55 bits per heavy atom. The molecule has 7 nitrogen and oxygen atoms in total. The molecule has 1 fully saturated rings. The fourth-order valence-electron chi connectivity index (χ4n) is 3.80. The van der Waals surface area contributed by atoms with Crippen molar-refractivity contribution in [1.82, 2.24) is 9.97 Å². The first-order chi connectivity index (χ1) is 14.8. The Morgan fingerprint density at radius 3 is 2.23 bits per heavy atom. The third kappa shape index (κ3) is 4.96. The van der Waals surface area contributed by atoms with Crippen molar-refractivity contribution in [3.8, 4) is 0 Å². The molecule has 1 saturated heterocycles. The van der Waals surface area contributed by atoms with Gasteiger partial charge in [0.25, 0.3) is 10.0 Å². The van der Waals surface area contributed by atoms with E-state index in [2.05, 4.69) is 24.9 Å². The summed E-state index contributed by atoms with van der Waals surface area (Å²) < 4.78 is 28.2. The molecule has 0 saturated carbocycles. The van der Waals surface area contributed by atoms with Crippen LogP contribution < -0.4 is 14.9 Å². The van der Waals surface area contributed by atoms with E-state index in [0.29, 0.717) is 11.5 Å². The minimum atomic E-state index is -3.65. The summed E-state index contributed by atoms with van der Waals surface area (Å²) in [4.78, 5) is 11.6. The summed E-state index contributed by atoms with van der Waals surface area (Å²) in [7, 11) is -3.65. The highest BCUT2D eigenvalue weighted by Gasteiger charge is 2.17. The zero-order chi connectivity index (χ0) is 22.0. The van der Waals surface area contributed by atoms with Gasteiger partial charge >= 0.3 is 0 Å². The summed E-state index contributed by atoms with van der Waals surface area (Å²) in [5.41, 5.74) is 3.07. The highest BCUT2D eigenvalue weighted by atomic mass is 32.2. The molecule has 4 rings (SSSR count). The van der Waals surface area contributed by atoms with E-state index in [9.17, 15) is 8.42 Å². The summed E-state index contributed by atoms with van der Waals surface area (Å²) in [5.74, 6) is 2.37. The molecule has 0 aliphatic carbocycles. The van der Waals surface area contributed by atoms with Crippen molar-refractivity contribution in [2.24, 2.45) is 0 Å². The second kappa shape index (κ2) is 8.55. The van der Waals surface area contributed by atoms with Crippen molar-refractivity contribution in [3.05, 3.63) is 65.5 Å². The maximum Gasteiger partial charge on any atom is 0.262 e. The maximum absolute atomic E-state index is 12.8. The van der Waals surface area contributed by atoms with Gasteiger partial charge in [-0.05, 0) is 69.5 Å². The van der Waals surface area contributed by atoms with Crippen LogP contribution in [0.15, 0.2) is 53.4 Å². The summed E-state index contributed by atoms with van der Waals surface area (Å²) in [6, 6.07) is 14.4.